The topological polar surface area (TPSA) is 131 Å². The molecule has 0 saturated heterocycles. The lowest BCUT2D eigenvalue weighted by molar-refractivity contribution is -0.117. The van der Waals surface area contributed by atoms with Crippen molar-refractivity contribution in [3.63, 3.8) is 0 Å². The summed E-state index contributed by atoms with van der Waals surface area (Å²) in [6.45, 7) is 1.94. The number of aromatic nitrogens is 2. The molecule has 0 bridgehead atoms. The highest BCUT2D eigenvalue weighted by atomic mass is 16.2. The Labute approximate surface area is 156 Å². The number of nitrogens with two attached hydrogens (primary N) is 2. The number of amides is 1. The molecule has 1 aliphatic carbocycles. The third-order valence-electron chi connectivity index (χ3n) is 4.98. The SMILES string of the molecule is Cc1c(N)cncc1-c1cc(N)c2cnc(NC(=O)[C@@H]3CC3C#N)cc2c1. The Kier molecular flexibility index (Phi) is 3.89. The Bertz CT molecular complexity index is 1120. The van der Waals surface area contributed by atoms with Gasteiger partial charge in [0.1, 0.15) is 5.82 Å². The van der Waals surface area contributed by atoms with Crippen molar-refractivity contribution in [1.29, 1.82) is 5.26 Å². The van der Waals surface area contributed by atoms with E-state index in [1.165, 1.54) is 0 Å². The fourth-order valence-corrected chi connectivity index (χ4v) is 3.19. The van der Waals surface area contributed by atoms with Gasteiger partial charge in [-0.2, -0.15) is 5.26 Å². The largest absolute Gasteiger partial charge is 0.398 e. The number of anilines is 3. The number of rotatable bonds is 3. The summed E-state index contributed by atoms with van der Waals surface area (Å²) in [4.78, 5) is 20.6. The van der Waals surface area contributed by atoms with E-state index in [4.69, 9.17) is 16.7 Å². The Morgan fingerprint density at radius 3 is 2.78 bits per heavy atom. The second-order valence-corrected chi connectivity index (χ2v) is 6.82. The lowest BCUT2D eigenvalue weighted by Gasteiger charge is -2.12. The van der Waals surface area contributed by atoms with Crippen molar-refractivity contribution in [2.75, 3.05) is 16.8 Å². The van der Waals surface area contributed by atoms with Crippen molar-refractivity contribution in [3.8, 4) is 17.2 Å². The first-order valence-corrected chi connectivity index (χ1v) is 8.58. The summed E-state index contributed by atoms with van der Waals surface area (Å²) in [6, 6.07) is 7.74. The summed E-state index contributed by atoms with van der Waals surface area (Å²) in [5.41, 5.74) is 16.1. The second kappa shape index (κ2) is 6.25. The van der Waals surface area contributed by atoms with Gasteiger partial charge in [0.15, 0.2) is 0 Å². The van der Waals surface area contributed by atoms with Crippen LogP contribution >= 0.6 is 0 Å². The predicted octanol–water partition coefficient (Wildman–Crippen LogP) is 2.87. The maximum atomic E-state index is 12.2. The molecule has 1 amide bonds. The number of hydrogen-bond acceptors (Lipinski definition) is 6. The molecule has 0 aliphatic heterocycles. The highest BCUT2D eigenvalue weighted by Crippen LogP contribution is 2.38. The minimum atomic E-state index is -0.245. The van der Waals surface area contributed by atoms with Crippen LogP contribution in [0, 0.1) is 30.1 Å². The zero-order valence-electron chi connectivity index (χ0n) is 14.7. The van der Waals surface area contributed by atoms with Crippen molar-refractivity contribution in [1.82, 2.24) is 9.97 Å². The van der Waals surface area contributed by atoms with E-state index < -0.39 is 0 Å². The molecule has 7 heteroatoms. The summed E-state index contributed by atoms with van der Waals surface area (Å²) in [6.07, 6.45) is 5.62. The van der Waals surface area contributed by atoms with Gasteiger partial charge in [-0.15, -0.1) is 0 Å². The Morgan fingerprint density at radius 1 is 1.22 bits per heavy atom. The van der Waals surface area contributed by atoms with Crippen LogP contribution < -0.4 is 16.8 Å². The number of carbonyl (C=O) groups is 1. The predicted molar refractivity (Wildman–Crippen MR) is 104 cm³/mol. The highest BCUT2D eigenvalue weighted by molar-refractivity contribution is 6.00. The molecule has 7 nitrogen and oxygen atoms in total. The Hall–Kier alpha value is -3.66. The molecule has 3 aromatic rings. The van der Waals surface area contributed by atoms with Crippen LogP contribution in [-0.2, 0) is 4.79 Å². The number of carbonyl (C=O) groups excluding carboxylic acids is 1. The molecule has 1 unspecified atom stereocenters. The number of pyridine rings is 2. The second-order valence-electron chi connectivity index (χ2n) is 6.82. The first-order valence-electron chi connectivity index (χ1n) is 8.58. The van der Waals surface area contributed by atoms with Crippen LogP contribution in [0.2, 0.25) is 0 Å². The molecule has 1 aliphatic rings. The summed E-state index contributed by atoms with van der Waals surface area (Å²) >= 11 is 0. The molecule has 1 saturated carbocycles. The minimum Gasteiger partial charge on any atom is -0.398 e. The smallest absolute Gasteiger partial charge is 0.230 e. The van der Waals surface area contributed by atoms with Gasteiger partial charge >= 0.3 is 0 Å². The molecule has 2 atom stereocenters. The fraction of sp³-hybridized carbons (Fsp3) is 0.200. The zero-order chi connectivity index (χ0) is 19.1. The first-order chi connectivity index (χ1) is 13.0. The number of nitrogen functional groups attached to an aromatic ring is 2. The van der Waals surface area contributed by atoms with Gasteiger partial charge in [-0.3, -0.25) is 9.78 Å². The van der Waals surface area contributed by atoms with Gasteiger partial charge < -0.3 is 16.8 Å². The third-order valence-corrected chi connectivity index (χ3v) is 4.98. The van der Waals surface area contributed by atoms with Crippen molar-refractivity contribution in [2.24, 2.45) is 11.8 Å². The van der Waals surface area contributed by atoms with Gasteiger partial charge in [0.05, 0.1) is 29.8 Å². The van der Waals surface area contributed by atoms with Gasteiger partial charge in [0.25, 0.3) is 0 Å². The standard InChI is InChI=1S/C20H18N6O/c1-10-15(7-24-9-18(10)23)11-2-12-5-19(25-8-16(12)17(22)4-11)26-20(27)14-3-13(14)6-21/h2,4-5,7-9,13-14H,3,22-23H2,1H3,(H,25,26,27)/t13?,14-/m1/s1. The molecule has 4 rings (SSSR count). The summed E-state index contributed by atoms with van der Waals surface area (Å²) in [7, 11) is 0. The average molecular weight is 358 g/mol. The Balaban J connectivity index is 1.71. The van der Waals surface area contributed by atoms with Crippen molar-refractivity contribution < 1.29 is 4.79 Å². The minimum absolute atomic E-state index is 0.173. The van der Waals surface area contributed by atoms with Crippen molar-refractivity contribution >= 4 is 33.9 Å². The van der Waals surface area contributed by atoms with Crippen LogP contribution in [0.4, 0.5) is 17.2 Å². The van der Waals surface area contributed by atoms with E-state index in [1.54, 1.807) is 24.7 Å². The summed E-state index contributed by atoms with van der Waals surface area (Å²) < 4.78 is 0. The van der Waals surface area contributed by atoms with E-state index in [0.29, 0.717) is 23.6 Å². The Morgan fingerprint density at radius 2 is 2.04 bits per heavy atom. The van der Waals surface area contributed by atoms with E-state index in [1.807, 2.05) is 19.1 Å². The van der Waals surface area contributed by atoms with E-state index in [0.717, 1.165) is 27.5 Å². The number of nitriles is 1. The summed E-state index contributed by atoms with van der Waals surface area (Å²) in [5.74, 6) is -0.167. The fourth-order valence-electron chi connectivity index (χ4n) is 3.19. The third kappa shape index (κ3) is 3.02. The summed E-state index contributed by atoms with van der Waals surface area (Å²) in [5, 5.41) is 13.3. The van der Waals surface area contributed by atoms with E-state index in [9.17, 15) is 4.79 Å². The van der Waals surface area contributed by atoms with Crippen LogP contribution in [0.25, 0.3) is 21.9 Å². The van der Waals surface area contributed by atoms with E-state index in [-0.39, 0.29) is 17.7 Å². The maximum Gasteiger partial charge on any atom is 0.230 e. The van der Waals surface area contributed by atoms with Gasteiger partial charge in [-0.05, 0) is 48.1 Å². The van der Waals surface area contributed by atoms with Crippen LogP contribution in [0.15, 0.2) is 36.8 Å². The van der Waals surface area contributed by atoms with E-state index in [2.05, 4.69) is 21.4 Å². The van der Waals surface area contributed by atoms with Crippen LogP contribution in [0.5, 0.6) is 0 Å². The van der Waals surface area contributed by atoms with Gasteiger partial charge in [-0.1, -0.05) is 0 Å². The lowest BCUT2D eigenvalue weighted by Crippen LogP contribution is -2.15. The van der Waals surface area contributed by atoms with Crippen molar-refractivity contribution in [3.05, 3.63) is 42.4 Å². The number of hydrogen-bond donors (Lipinski definition) is 3. The zero-order valence-corrected chi connectivity index (χ0v) is 14.7. The molecule has 0 spiro atoms. The molecule has 5 N–H and O–H groups in total. The quantitative estimate of drug-likeness (QED) is 0.617. The molecular weight excluding hydrogens is 340 g/mol. The number of nitrogens with zero attached hydrogens (tertiary/aromatic N) is 3. The molecule has 1 fully saturated rings. The molecule has 134 valence electrons. The van der Waals surface area contributed by atoms with Crippen LogP contribution in [-0.4, -0.2) is 15.9 Å². The number of fused-ring (bicyclic) bond motifs is 1. The molecule has 27 heavy (non-hydrogen) atoms. The van der Waals surface area contributed by atoms with Gasteiger partial charge in [0, 0.05) is 29.0 Å². The van der Waals surface area contributed by atoms with Gasteiger partial charge in [-0.25, -0.2) is 4.98 Å². The lowest BCUT2D eigenvalue weighted by atomic mass is 9.98. The molecule has 2 heterocycles. The maximum absolute atomic E-state index is 12.2. The van der Waals surface area contributed by atoms with Crippen LogP contribution in [0.1, 0.15) is 12.0 Å². The van der Waals surface area contributed by atoms with Crippen LogP contribution in [0.3, 0.4) is 0 Å². The monoisotopic (exact) mass is 358 g/mol. The molecule has 0 radical (unpaired) electrons. The van der Waals surface area contributed by atoms with E-state index >= 15 is 0 Å². The molecular formula is C20H18N6O. The highest BCUT2D eigenvalue weighted by Gasteiger charge is 2.43. The number of nitrogens with one attached hydrogen (secondary N) is 1. The first kappa shape index (κ1) is 16.8. The normalized spacial score (nSPS) is 18.1. The average Bonchev–Trinajstić information content (AvgIpc) is 3.44. The van der Waals surface area contributed by atoms with Gasteiger partial charge in [0.2, 0.25) is 5.91 Å². The number of benzene rings is 1. The molecule has 2 aromatic heterocycles. The van der Waals surface area contributed by atoms with Crippen molar-refractivity contribution in [2.45, 2.75) is 13.3 Å². The molecule has 1 aromatic carbocycles.